The van der Waals surface area contributed by atoms with Crippen molar-refractivity contribution in [3.05, 3.63) is 94.6 Å². The number of rotatable bonds is 6. The monoisotopic (exact) mass is 494 g/mol. The predicted molar refractivity (Wildman–Crippen MR) is 153 cm³/mol. The highest BCUT2D eigenvalue weighted by molar-refractivity contribution is 6.06. The highest BCUT2D eigenvalue weighted by Crippen LogP contribution is 2.29. The Hall–Kier alpha value is -3.21. The molecule has 2 aliphatic rings. The standard InChI is InChI=1S/C33H38N2O2/c1-24-7-11-27(12-8-24)28-14-13-26-5-3-4-6-29(22-30(26)21-28)33(36)34-31-15-9-25(10-16-31)23-35(2)32-17-19-37-20-18-32/h7-16,21-22,32H,3-6,17-20,23H2,1-2H3,(H,34,36)/b29-22+. The summed E-state index contributed by atoms with van der Waals surface area (Å²) >= 11 is 0. The summed E-state index contributed by atoms with van der Waals surface area (Å²) in [5.41, 5.74) is 9.09. The van der Waals surface area contributed by atoms with Crippen molar-refractivity contribution in [2.24, 2.45) is 0 Å². The third kappa shape index (κ3) is 6.57. The zero-order valence-electron chi connectivity index (χ0n) is 22.1. The number of ether oxygens (including phenoxy) is 1. The fraction of sp³-hybridized carbons (Fsp3) is 0.364. The molecule has 0 saturated carbocycles. The summed E-state index contributed by atoms with van der Waals surface area (Å²) in [6, 6.07) is 24.2. The van der Waals surface area contributed by atoms with E-state index in [0.717, 1.165) is 75.1 Å². The SMILES string of the molecule is Cc1ccc(-c2ccc3c(c2)/C=C(/C(=O)Nc2ccc(CN(C)C4CCOCC4)cc2)CCCC3)cc1. The van der Waals surface area contributed by atoms with Crippen LogP contribution in [0.1, 0.15) is 54.4 Å². The van der Waals surface area contributed by atoms with E-state index in [1.807, 2.05) is 12.1 Å². The minimum absolute atomic E-state index is 0.000614. The molecule has 37 heavy (non-hydrogen) atoms. The summed E-state index contributed by atoms with van der Waals surface area (Å²) in [5.74, 6) is 0.000614. The van der Waals surface area contributed by atoms with E-state index >= 15 is 0 Å². The summed E-state index contributed by atoms with van der Waals surface area (Å²) in [4.78, 5) is 15.7. The summed E-state index contributed by atoms with van der Waals surface area (Å²) in [5, 5.41) is 3.15. The molecule has 192 valence electrons. The lowest BCUT2D eigenvalue weighted by molar-refractivity contribution is -0.112. The Balaban J connectivity index is 1.28. The molecule has 4 heteroatoms. The van der Waals surface area contributed by atoms with Crippen molar-refractivity contribution in [2.75, 3.05) is 25.6 Å². The molecule has 0 unspecified atom stereocenters. The third-order valence-electron chi connectivity index (χ3n) is 7.75. The first-order chi connectivity index (χ1) is 18.0. The van der Waals surface area contributed by atoms with Crippen LogP contribution in [0.2, 0.25) is 0 Å². The van der Waals surface area contributed by atoms with Gasteiger partial charge in [-0.15, -0.1) is 0 Å². The van der Waals surface area contributed by atoms with E-state index in [0.29, 0.717) is 6.04 Å². The van der Waals surface area contributed by atoms with E-state index in [1.54, 1.807) is 0 Å². The quantitative estimate of drug-likeness (QED) is 0.400. The minimum Gasteiger partial charge on any atom is -0.381 e. The maximum absolute atomic E-state index is 13.3. The van der Waals surface area contributed by atoms with Crippen LogP contribution in [0.3, 0.4) is 0 Å². The van der Waals surface area contributed by atoms with Crippen LogP contribution < -0.4 is 5.32 Å². The molecule has 1 amide bonds. The first-order valence-corrected chi connectivity index (χ1v) is 13.6. The van der Waals surface area contributed by atoms with Crippen molar-refractivity contribution in [3.63, 3.8) is 0 Å². The molecule has 1 fully saturated rings. The highest BCUT2D eigenvalue weighted by Gasteiger charge is 2.19. The van der Waals surface area contributed by atoms with Crippen LogP contribution in [0.4, 0.5) is 5.69 Å². The van der Waals surface area contributed by atoms with E-state index in [9.17, 15) is 4.79 Å². The molecule has 0 atom stereocenters. The number of fused-ring (bicyclic) bond motifs is 1. The molecule has 0 spiro atoms. The molecule has 5 rings (SSSR count). The molecule has 3 aromatic rings. The third-order valence-corrected chi connectivity index (χ3v) is 7.75. The van der Waals surface area contributed by atoms with Crippen molar-refractivity contribution in [1.29, 1.82) is 0 Å². The summed E-state index contributed by atoms with van der Waals surface area (Å²) < 4.78 is 5.50. The van der Waals surface area contributed by atoms with Gasteiger partial charge in [0.05, 0.1) is 0 Å². The number of carbonyl (C=O) groups is 1. The Morgan fingerprint density at radius 1 is 0.919 bits per heavy atom. The molecule has 1 N–H and O–H groups in total. The lowest BCUT2D eigenvalue weighted by Gasteiger charge is -2.31. The van der Waals surface area contributed by atoms with Gasteiger partial charge >= 0.3 is 0 Å². The molecule has 0 radical (unpaired) electrons. The molecule has 1 heterocycles. The maximum atomic E-state index is 13.3. The molecule has 0 bridgehead atoms. The van der Waals surface area contributed by atoms with E-state index < -0.39 is 0 Å². The van der Waals surface area contributed by atoms with Crippen LogP contribution in [0.25, 0.3) is 17.2 Å². The molecular formula is C33H38N2O2. The van der Waals surface area contributed by atoms with Gasteiger partial charge in [0.2, 0.25) is 0 Å². The van der Waals surface area contributed by atoms with Crippen LogP contribution in [-0.4, -0.2) is 37.1 Å². The highest BCUT2D eigenvalue weighted by atomic mass is 16.5. The maximum Gasteiger partial charge on any atom is 0.251 e. The van der Waals surface area contributed by atoms with Gasteiger partial charge in [-0.2, -0.15) is 0 Å². The predicted octanol–water partition coefficient (Wildman–Crippen LogP) is 7.02. The second-order valence-electron chi connectivity index (χ2n) is 10.6. The van der Waals surface area contributed by atoms with Gasteiger partial charge in [0.15, 0.2) is 0 Å². The van der Waals surface area contributed by atoms with E-state index in [1.165, 1.54) is 27.8 Å². The van der Waals surface area contributed by atoms with Crippen LogP contribution in [-0.2, 0) is 22.5 Å². The van der Waals surface area contributed by atoms with Crippen LogP contribution in [0.15, 0.2) is 72.3 Å². The van der Waals surface area contributed by atoms with Gasteiger partial charge in [-0.25, -0.2) is 0 Å². The Labute approximate surface area is 221 Å². The molecule has 4 nitrogen and oxygen atoms in total. The van der Waals surface area contributed by atoms with Gasteiger partial charge in [0.25, 0.3) is 5.91 Å². The second-order valence-corrected chi connectivity index (χ2v) is 10.6. The van der Waals surface area contributed by atoms with E-state index in [-0.39, 0.29) is 5.91 Å². The van der Waals surface area contributed by atoms with Crippen molar-refractivity contribution in [2.45, 2.75) is 58.0 Å². The summed E-state index contributed by atoms with van der Waals surface area (Å²) in [6.07, 6.45) is 8.27. The van der Waals surface area contributed by atoms with Crippen LogP contribution in [0.5, 0.6) is 0 Å². The minimum atomic E-state index is 0.000614. The Bertz CT molecular complexity index is 1240. The zero-order chi connectivity index (χ0) is 25.6. The molecule has 1 aliphatic heterocycles. The smallest absolute Gasteiger partial charge is 0.251 e. The number of hydrogen-bond donors (Lipinski definition) is 1. The lowest BCUT2D eigenvalue weighted by Crippen LogP contribution is -2.36. The molecule has 1 saturated heterocycles. The van der Waals surface area contributed by atoms with E-state index in [2.05, 4.69) is 84.9 Å². The second kappa shape index (κ2) is 11.9. The fourth-order valence-electron chi connectivity index (χ4n) is 5.40. The van der Waals surface area contributed by atoms with Crippen molar-refractivity contribution in [3.8, 4) is 11.1 Å². The molecule has 1 aliphatic carbocycles. The van der Waals surface area contributed by atoms with Gasteiger partial charge in [-0.05, 0) is 105 Å². The normalized spacial score (nSPS) is 17.9. The Kier molecular flexibility index (Phi) is 8.18. The van der Waals surface area contributed by atoms with Gasteiger partial charge in [0, 0.05) is 37.1 Å². The Morgan fingerprint density at radius 2 is 1.62 bits per heavy atom. The van der Waals surface area contributed by atoms with E-state index in [4.69, 9.17) is 4.74 Å². The lowest BCUT2D eigenvalue weighted by atomic mass is 9.91. The number of hydrogen-bond acceptors (Lipinski definition) is 3. The number of anilines is 1. The topological polar surface area (TPSA) is 41.6 Å². The fourth-order valence-corrected chi connectivity index (χ4v) is 5.40. The van der Waals surface area contributed by atoms with Crippen molar-refractivity contribution in [1.82, 2.24) is 4.90 Å². The van der Waals surface area contributed by atoms with Gasteiger partial charge in [-0.3, -0.25) is 9.69 Å². The van der Waals surface area contributed by atoms with Crippen LogP contribution >= 0.6 is 0 Å². The molecule has 3 aromatic carbocycles. The first-order valence-electron chi connectivity index (χ1n) is 13.6. The number of nitrogens with one attached hydrogen (secondary N) is 1. The largest absolute Gasteiger partial charge is 0.381 e. The number of aryl methyl sites for hydroxylation is 2. The van der Waals surface area contributed by atoms with Crippen LogP contribution in [0, 0.1) is 6.92 Å². The van der Waals surface area contributed by atoms with Gasteiger partial charge in [0.1, 0.15) is 0 Å². The molecular weight excluding hydrogens is 456 g/mol. The number of amides is 1. The average Bonchev–Trinajstić information content (AvgIpc) is 2.91. The van der Waals surface area contributed by atoms with Crippen molar-refractivity contribution >= 4 is 17.7 Å². The molecule has 0 aromatic heterocycles. The number of benzene rings is 3. The van der Waals surface area contributed by atoms with Crippen molar-refractivity contribution < 1.29 is 9.53 Å². The Morgan fingerprint density at radius 3 is 2.38 bits per heavy atom. The first kappa shape index (κ1) is 25.4. The summed E-state index contributed by atoms with van der Waals surface area (Å²) in [6.45, 7) is 4.72. The van der Waals surface area contributed by atoms with Gasteiger partial charge in [-0.1, -0.05) is 54.1 Å². The zero-order valence-corrected chi connectivity index (χ0v) is 22.1. The number of nitrogens with zero attached hydrogens (tertiary/aromatic N) is 1. The summed E-state index contributed by atoms with van der Waals surface area (Å²) in [7, 11) is 2.19. The van der Waals surface area contributed by atoms with Gasteiger partial charge < -0.3 is 10.1 Å². The average molecular weight is 495 g/mol. The number of carbonyl (C=O) groups excluding carboxylic acids is 1.